The molecule has 6 nitrogen and oxygen atoms in total. The Morgan fingerprint density at radius 3 is 2.71 bits per heavy atom. The lowest BCUT2D eigenvalue weighted by Crippen LogP contribution is -2.38. The number of amides is 2. The summed E-state index contributed by atoms with van der Waals surface area (Å²) in [5.41, 5.74) is 0. The first-order chi connectivity index (χ1) is 10.0. The number of hydrogen-bond donors (Lipinski definition) is 2. The maximum Gasteiger partial charge on any atom is 0.308 e. The van der Waals surface area contributed by atoms with Gasteiger partial charge < -0.3 is 15.3 Å². The number of carboxylic acid groups (broad SMARTS) is 1. The Bertz CT molecular complexity index is 420. The number of hydrogen-bond acceptors (Lipinski definition) is 3. The maximum atomic E-state index is 12.1. The highest BCUT2D eigenvalue weighted by Gasteiger charge is 2.37. The summed E-state index contributed by atoms with van der Waals surface area (Å²) in [6.07, 6.45) is 3.93. The predicted octanol–water partition coefficient (Wildman–Crippen LogP) is 0.862. The standard InChI is InChI=1S/C15H24N2O4/c1-2-3-11(15(20)21)7-16-14(19)12-6-13(18)17(9-12)8-10-4-5-10/h10-12H,2-9H2,1H3,(H,16,19)(H,20,21). The Labute approximate surface area is 124 Å². The number of carbonyl (C=O) groups is 3. The second-order valence-electron chi connectivity index (χ2n) is 6.21. The van der Waals surface area contributed by atoms with Gasteiger partial charge in [-0.1, -0.05) is 13.3 Å². The van der Waals surface area contributed by atoms with Gasteiger partial charge in [0.05, 0.1) is 11.8 Å². The molecule has 0 aromatic heterocycles. The molecule has 6 heteroatoms. The van der Waals surface area contributed by atoms with E-state index >= 15 is 0 Å². The maximum absolute atomic E-state index is 12.1. The molecule has 2 N–H and O–H groups in total. The Morgan fingerprint density at radius 1 is 1.43 bits per heavy atom. The molecule has 2 fully saturated rings. The summed E-state index contributed by atoms with van der Waals surface area (Å²) in [6.45, 7) is 3.32. The summed E-state index contributed by atoms with van der Waals surface area (Å²) >= 11 is 0. The number of nitrogens with zero attached hydrogens (tertiary/aromatic N) is 1. The molecule has 2 rings (SSSR count). The molecule has 0 bridgehead atoms. The smallest absolute Gasteiger partial charge is 0.308 e. The molecular weight excluding hydrogens is 272 g/mol. The third kappa shape index (κ3) is 4.44. The summed E-state index contributed by atoms with van der Waals surface area (Å²) < 4.78 is 0. The van der Waals surface area contributed by atoms with Gasteiger partial charge in [0.25, 0.3) is 0 Å². The molecule has 1 saturated carbocycles. The minimum atomic E-state index is -0.880. The molecule has 21 heavy (non-hydrogen) atoms. The molecule has 118 valence electrons. The average molecular weight is 296 g/mol. The van der Waals surface area contributed by atoms with Crippen LogP contribution in [0, 0.1) is 17.8 Å². The molecule has 1 aliphatic carbocycles. The Morgan fingerprint density at radius 2 is 2.14 bits per heavy atom. The van der Waals surface area contributed by atoms with Crippen LogP contribution in [0.25, 0.3) is 0 Å². The average Bonchev–Trinajstić information content (AvgIpc) is 3.17. The van der Waals surface area contributed by atoms with Crippen molar-refractivity contribution in [3.8, 4) is 0 Å². The SMILES string of the molecule is CCCC(CNC(=O)C1CC(=O)N(CC2CC2)C1)C(=O)O. The van der Waals surface area contributed by atoms with Gasteiger partial charge in [-0.3, -0.25) is 14.4 Å². The van der Waals surface area contributed by atoms with Crippen LogP contribution in [-0.2, 0) is 14.4 Å². The lowest BCUT2D eigenvalue weighted by atomic mass is 10.0. The first kappa shape index (κ1) is 15.8. The number of carbonyl (C=O) groups excluding carboxylic acids is 2. The summed E-state index contributed by atoms with van der Waals surface area (Å²) in [5, 5.41) is 11.8. The minimum Gasteiger partial charge on any atom is -0.481 e. The molecule has 1 aliphatic heterocycles. The molecule has 2 unspecified atom stereocenters. The fourth-order valence-electron chi connectivity index (χ4n) is 2.77. The van der Waals surface area contributed by atoms with Crippen LogP contribution < -0.4 is 5.32 Å². The van der Waals surface area contributed by atoms with Crippen molar-refractivity contribution in [1.82, 2.24) is 10.2 Å². The lowest BCUT2D eigenvalue weighted by molar-refractivity contribution is -0.142. The van der Waals surface area contributed by atoms with Gasteiger partial charge in [0.15, 0.2) is 0 Å². The van der Waals surface area contributed by atoms with Crippen LogP contribution in [0.3, 0.4) is 0 Å². The zero-order valence-corrected chi connectivity index (χ0v) is 12.5. The predicted molar refractivity (Wildman–Crippen MR) is 76.5 cm³/mol. The van der Waals surface area contributed by atoms with Crippen LogP contribution in [0.4, 0.5) is 0 Å². The van der Waals surface area contributed by atoms with Crippen molar-refractivity contribution >= 4 is 17.8 Å². The molecule has 1 saturated heterocycles. The largest absolute Gasteiger partial charge is 0.481 e. The van der Waals surface area contributed by atoms with E-state index < -0.39 is 11.9 Å². The molecular formula is C15H24N2O4. The molecule has 0 aromatic rings. The normalized spacial score (nSPS) is 23.2. The van der Waals surface area contributed by atoms with Crippen molar-refractivity contribution < 1.29 is 19.5 Å². The van der Waals surface area contributed by atoms with Gasteiger partial charge in [-0.25, -0.2) is 0 Å². The van der Waals surface area contributed by atoms with Crippen molar-refractivity contribution in [2.75, 3.05) is 19.6 Å². The highest BCUT2D eigenvalue weighted by molar-refractivity contribution is 5.89. The highest BCUT2D eigenvalue weighted by atomic mass is 16.4. The van der Waals surface area contributed by atoms with E-state index in [4.69, 9.17) is 5.11 Å². The summed E-state index contributed by atoms with van der Waals surface area (Å²) in [4.78, 5) is 36.8. The highest BCUT2D eigenvalue weighted by Crippen LogP contribution is 2.31. The number of likely N-dealkylation sites (tertiary alicyclic amines) is 1. The van der Waals surface area contributed by atoms with E-state index in [1.54, 1.807) is 4.90 Å². The first-order valence-electron chi connectivity index (χ1n) is 7.79. The molecule has 2 amide bonds. The van der Waals surface area contributed by atoms with Gasteiger partial charge in [0, 0.05) is 26.1 Å². The minimum absolute atomic E-state index is 0.0467. The molecule has 0 radical (unpaired) electrons. The summed E-state index contributed by atoms with van der Waals surface area (Å²) in [7, 11) is 0. The van der Waals surface area contributed by atoms with Crippen molar-refractivity contribution in [3.05, 3.63) is 0 Å². The Hall–Kier alpha value is -1.59. The number of aliphatic carboxylic acids is 1. The van der Waals surface area contributed by atoms with E-state index in [0.29, 0.717) is 18.9 Å². The van der Waals surface area contributed by atoms with Gasteiger partial charge in [-0.2, -0.15) is 0 Å². The van der Waals surface area contributed by atoms with E-state index in [9.17, 15) is 14.4 Å². The van der Waals surface area contributed by atoms with Crippen LogP contribution in [0.5, 0.6) is 0 Å². The molecule has 0 spiro atoms. The van der Waals surface area contributed by atoms with Crippen LogP contribution in [-0.4, -0.2) is 47.4 Å². The molecule has 2 aliphatic rings. The van der Waals surface area contributed by atoms with E-state index in [-0.39, 0.29) is 30.7 Å². The monoisotopic (exact) mass is 296 g/mol. The van der Waals surface area contributed by atoms with Gasteiger partial charge in [0.2, 0.25) is 11.8 Å². The fraction of sp³-hybridized carbons (Fsp3) is 0.800. The number of carboxylic acids is 1. The van der Waals surface area contributed by atoms with Crippen LogP contribution >= 0.6 is 0 Å². The van der Waals surface area contributed by atoms with E-state index in [1.807, 2.05) is 6.92 Å². The summed E-state index contributed by atoms with van der Waals surface area (Å²) in [6, 6.07) is 0. The van der Waals surface area contributed by atoms with Gasteiger partial charge in [-0.05, 0) is 25.2 Å². The van der Waals surface area contributed by atoms with Crippen LogP contribution in [0.1, 0.15) is 39.0 Å². The molecule has 1 heterocycles. The second-order valence-corrected chi connectivity index (χ2v) is 6.21. The van der Waals surface area contributed by atoms with Crippen molar-refractivity contribution in [1.29, 1.82) is 0 Å². The third-order valence-electron chi connectivity index (χ3n) is 4.27. The van der Waals surface area contributed by atoms with Crippen LogP contribution in [0.2, 0.25) is 0 Å². The molecule has 0 aromatic carbocycles. The fourth-order valence-corrected chi connectivity index (χ4v) is 2.77. The lowest BCUT2D eigenvalue weighted by Gasteiger charge is -2.17. The second kappa shape index (κ2) is 6.91. The van der Waals surface area contributed by atoms with Crippen LogP contribution in [0.15, 0.2) is 0 Å². The number of nitrogens with one attached hydrogen (secondary N) is 1. The quantitative estimate of drug-likeness (QED) is 0.695. The van der Waals surface area contributed by atoms with Gasteiger partial charge in [0.1, 0.15) is 0 Å². The number of rotatable bonds is 8. The zero-order chi connectivity index (χ0) is 15.4. The molecule has 2 atom stereocenters. The topological polar surface area (TPSA) is 86.7 Å². The van der Waals surface area contributed by atoms with Gasteiger partial charge in [-0.15, -0.1) is 0 Å². The van der Waals surface area contributed by atoms with Crippen molar-refractivity contribution in [2.24, 2.45) is 17.8 Å². The van der Waals surface area contributed by atoms with E-state index in [0.717, 1.165) is 13.0 Å². The Kier molecular flexibility index (Phi) is 5.20. The van der Waals surface area contributed by atoms with E-state index in [1.165, 1.54) is 12.8 Å². The van der Waals surface area contributed by atoms with Gasteiger partial charge >= 0.3 is 5.97 Å². The van der Waals surface area contributed by atoms with E-state index in [2.05, 4.69) is 5.32 Å². The van der Waals surface area contributed by atoms with Crippen molar-refractivity contribution in [3.63, 3.8) is 0 Å². The Balaban J connectivity index is 1.77. The van der Waals surface area contributed by atoms with Crippen molar-refractivity contribution in [2.45, 2.75) is 39.0 Å². The zero-order valence-electron chi connectivity index (χ0n) is 12.5. The summed E-state index contributed by atoms with van der Waals surface area (Å²) in [5.74, 6) is -1.27. The third-order valence-corrected chi connectivity index (χ3v) is 4.27. The first-order valence-corrected chi connectivity index (χ1v) is 7.79.